The van der Waals surface area contributed by atoms with Gasteiger partial charge in [0.1, 0.15) is 18.7 Å². The molecule has 2 amide bonds. The van der Waals surface area contributed by atoms with E-state index in [0.29, 0.717) is 0 Å². The smallest absolute Gasteiger partial charge is 0.408 e. The molecule has 154 valence electrons. The molecule has 7 nitrogen and oxygen atoms in total. The number of carboxylic acid groups (broad SMARTS) is 1. The molecule has 0 saturated carbocycles. The number of ether oxygens (including phenoxy) is 1. The molecule has 0 fully saturated rings. The van der Waals surface area contributed by atoms with Gasteiger partial charge in [-0.1, -0.05) is 74.5 Å². The third-order valence-electron chi connectivity index (χ3n) is 4.33. The van der Waals surface area contributed by atoms with E-state index in [9.17, 15) is 19.5 Å². The molecule has 0 spiro atoms. The number of carbonyl (C=O) groups excluding carboxylic acids is 2. The van der Waals surface area contributed by atoms with Gasteiger partial charge in [0, 0.05) is 6.42 Å². The van der Waals surface area contributed by atoms with E-state index in [1.54, 1.807) is 13.8 Å². The van der Waals surface area contributed by atoms with Crippen molar-refractivity contribution in [1.82, 2.24) is 10.6 Å². The number of rotatable bonds is 9. The Kier molecular flexibility index (Phi) is 8.21. The van der Waals surface area contributed by atoms with Crippen LogP contribution in [-0.4, -0.2) is 35.2 Å². The number of benzene rings is 2. The summed E-state index contributed by atoms with van der Waals surface area (Å²) in [4.78, 5) is 36.4. The molecule has 0 bridgehead atoms. The fourth-order valence-corrected chi connectivity index (χ4v) is 2.73. The lowest BCUT2D eigenvalue weighted by molar-refractivity contribution is -0.143. The minimum absolute atomic E-state index is 0.0656. The number of alkyl carbamates (subject to hydrolysis) is 1. The Morgan fingerprint density at radius 3 is 1.97 bits per heavy atom. The highest BCUT2D eigenvalue weighted by Gasteiger charge is 2.29. The van der Waals surface area contributed by atoms with Gasteiger partial charge >= 0.3 is 12.1 Å². The summed E-state index contributed by atoms with van der Waals surface area (Å²) in [6.45, 7) is 3.47. The summed E-state index contributed by atoms with van der Waals surface area (Å²) in [7, 11) is 0. The average Bonchev–Trinajstić information content (AvgIpc) is 2.71. The number of carboxylic acids is 1. The van der Waals surface area contributed by atoms with Gasteiger partial charge in [-0.2, -0.15) is 0 Å². The van der Waals surface area contributed by atoms with Crippen LogP contribution in [0.3, 0.4) is 0 Å². The Hall–Kier alpha value is -3.35. The van der Waals surface area contributed by atoms with Gasteiger partial charge in [-0.25, -0.2) is 9.59 Å². The molecule has 0 aromatic heterocycles. The second kappa shape index (κ2) is 10.8. The molecule has 0 aliphatic rings. The van der Waals surface area contributed by atoms with Crippen LogP contribution in [0.1, 0.15) is 25.0 Å². The SMILES string of the molecule is CC(C)[C@@H](NC(=O)[C@@H](Cc1ccccc1)NC(=O)OCc1ccccc1)C(=O)O. The molecule has 2 aromatic carbocycles. The second-order valence-electron chi connectivity index (χ2n) is 7.02. The van der Waals surface area contributed by atoms with Gasteiger partial charge in [0.2, 0.25) is 5.91 Å². The topological polar surface area (TPSA) is 105 Å². The summed E-state index contributed by atoms with van der Waals surface area (Å²) in [5.74, 6) is -2.01. The number of carbonyl (C=O) groups is 3. The normalized spacial score (nSPS) is 12.7. The van der Waals surface area contributed by atoms with Gasteiger partial charge in [-0.15, -0.1) is 0 Å². The molecular weight excluding hydrogens is 372 g/mol. The summed E-state index contributed by atoms with van der Waals surface area (Å²) < 4.78 is 5.20. The Bertz CT molecular complexity index is 808. The van der Waals surface area contributed by atoms with Crippen molar-refractivity contribution >= 4 is 18.0 Å². The molecule has 2 atom stereocenters. The van der Waals surface area contributed by atoms with Crippen LogP contribution < -0.4 is 10.6 Å². The molecule has 2 rings (SSSR count). The first-order valence-electron chi connectivity index (χ1n) is 9.41. The van der Waals surface area contributed by atoms with Gasteiger partial charge in [0.05, 0.1) is 0 Å². The van der Waals surface area contributed by atoms with Crippen LogP contribution >= 0.6 is 0 Å². The van der Waals surface area contributed by atoms with Crippen molar-refractivity contribution in [3.05, 3.63) is 71.8 Å². The molecule has 3 N–H and O–H groups in total. The first-order chi connectivity index (χ1) is 13.9. The first kappa shape index (κ1) is 21.9. The first-order valence-corrected chi connectivity index (χ1v) is 9.41. The molecule has 2 aromatic rings. The van der Waals surface area contributed by atoms with Crippen LogP contribution in [0.2, 0.25) is 0 Å². The van der Waals surface area contributed by atoms with E-state index in [0.717, 1.165) is 11.1 Å². The van der Waals surface area contributed by atoms with Crippen molar-refractivity contribution in [3.63, 3.8) is 0 Å². The van der Waals surface area contributed by atoms with Crippen LogP contribution in [0, 0.1) is 5.92 Å². The number of nitrogens with one attached hydrogen (secondary N) is 2. The van der Waals surface area contributed by atoms with Gasteiger partial charge in [-0.3, -0.25) is 4.79 Å². The van der Waals surface area contributed by atoms with E-state index < -0.39 is 30.1 Å². The number of hydrogen-bond donors (Lipinski definition) is 3. The van der Waals surface area contributed by atoms with Gasteiger partial charge in [-0.05, 0) is 17.0 Å². The van der Waals surface area contributed by atoms with Crippen molar-refractivity contribution < 1.29 is 24.2 Å². The van der Waals surface area contributed by atoms with Gasteiger partial charge in [0.15, 0.2) is 0 Å². The van der Waals surface area contributed by atoms with E-state index in [2.05, 4.69) is 10.6 Å². The number of aliphatic carboxylic acids is 1. The lowest BCUT2D eigenvalue weighted by Crippen LogP contribution is -2.53. The van der Waals surface area contributed by atoms with E-state index in [4.69, 9.17) is 4.74 Å². The van der Waals surface area contributed by atoms with Crippen molar-refractivity contribution in [2.45, 2.75) is 39.0 Å². The maximum absolute atomic E-state index is 12.7. The second-order valence-corrected chi connectivity index (χ2v) is 7.02. The lowest BCUT2D eigenvalue weighted by Gasteiger charge is -2.23. The summed E-state index contributed by atoms with van der Waals surface area (Å²) in [6, 6.07) is 16.3. The molecular formula is C22H26N2O5. The standard InChI is InChI=1S/C22H26N2O5/c1-15(2)19(21(26)27)24-20(25)18(13-16-9-5-3-6-10-16)23-22(28)29-14-17-11-7-4-8-12-17/h3-12,15,18-19H,13-14H2,1-2H3,(H,23,28)(H,24,25)(H,26,27)/t18-,19-/m1/s1. The Morgan fingerprint density at radius 1 is 0.897 bits per heavy atom. The van der Waals surface area contributed by atoms with Crippen molar-refractivity contribution in [2.24, 2.45) is 5.92 Å². The van der Waals surface area contributed by atoms with Crippen molar-refractivity contribution in [3.8, 4) is 0 Å². The van der Waals surface area contributed by atoms with Crippen LogP contribution in [0.5, 0.6) is 0 Å². The Balaban J connectivity index is 2.06. The predicted molar refractivity (Wildman–Crippen MR) is 108 cm³/mol. The third-order valence-corrected chi connectivity index (χ3v) is 4.33. The molecule has 7 heteroatoms. The van der Waals surface area contributed by atoms with Crippen LogP contribution in [0.15, 0.2) is 60.7 Å². The summed E-state index contributed by atoms with van der Waals surface area (Å²) in [6.07, 6.45) is -0.543. The van der Waals surface area contributed by atoms with Gasteiger partial charge in [0.25, 0.3) is 0 Å². The predicted octanol–water partition coefficient (Wildman–Crippen LogP) is 2.75. The maximum atomic E-state index is 12.7. The molecule has 0 heterocycles. The number of amides is 2. The molecule has 0 aliphatic carbocycles. The molecule has 0 unspecified atom stereocenters. The van der Waals surface area contributed by atoms with E-state index >= 15 is 0 Å². The van der Waals surface area contributed by atoms with Gasteiger partial charge < -0.3 is 20.5 Å². The average molecular weight is 398 g/mol. The lowest BCUT2D eigenvalue weighted by atomic mass is 10.0. The summed E-state index contributed by atoms with van der Waals surface area (Å²) >= 11 is 0. The fraction of sp³-hybridized carbons (Fsp3) is 0.318. The molecule has 0 radical (unpaired) electrons. The van der Waals surface area contributed by atoms with E-state index in [1.807, 2.05) is 60.7 Å². The highest BCUT2D eigenvalue weighted by molar-refractivity contribution is 5.89. The van der Waals surface area contributed by atoms with E-state index in [1.165, 1.54) is 0 Å². The minimum Gasteiger partial charge on any atom is -0.480 e. The van der Waals surface area contributed by atoms with Crippen molar-refractivity contribution in [1.29, 1.82) is 0 Å². The quantitative estimate of drug-likeness (QED) is 0.602. The monoisotopic (exact) mass is 398 g/mol. The Labute approximate surface area is 170 Å². The largest absolute Gasteiger partial charge is 0.480 e. The highest BCUT2D eigenvalue weighted by Crippen LogP contribution is 2.08. The molecule has 0 aliphatic heterocycles. The fourth-order valence-electron chi connectivity index (χ4n) is 2.73. The third kappa shape index (κ3) is 7.29. The molecule has 29 heavy (non-hydrogen) atoms. The zero-order valence-corrected chi connectivity index (χ0v) is 16.5. The molecule has 0 saturated heterocycles. The summed E-state index contributed by atoms with van der Waals surface area (Å²) in [5.41, 5.74) is 1.64. The van der Waals surface area contributed by atoms with Crippen molar-refractivity contribution in [2.75, 3.05) is 0 Å². The maximum Gasteiger partial charge on any atom is 0.408 e. The van der Waals surface area contributed by atoms with Crippen LogP contribution in [0.4, 0.5) is 4.79 Å². The van der Waals surface area contributed by atoms with Crippen LogP contribution in [-0.2, 0) is 27.4 Å². The highest BCUT2D eigenvalue weighted by atomic mass is 16.5. The number of hydrogen-bond acceptors (Lipinski definition) is 4. The Morgan fingerprint density at radius 2 is 1.45 bits per heavy atom. The minimum atomic E-state index is -1.13. The van der Waals surface area contributed by atoms with Crippen LogP contribution in [0.25, 0.3) is 0 Å². The zero-order chi connectivity index (χ0) is 21.2. The van der Waals surface area contributed by atoms with E-state index in [-0.39, 0.29) is 18.9 Å². The summed E-state index contributed by atoms with van der Waals surface area (Å²) in [5, 5.41) is 14.4. The zero-order valence-electron chi connectivity index (χ0n) is 16.5.